The first-order chi connectivity index (χ1) is 14.5. The standard InChI is InChI=1S/C23H19ClN2O4/c24-16-5-6-17-18(11-16)22(29-19(17)27)7-9-26(10-8-22)21-25-20(28)23(30-21)12-14-3-1-2-4-15(14)13-23/h1-6,11H,7-10,12-13H2. The predicted octanol–water partition coefficient (Wildman–Crippen LogP) is 3.25. The van der Waals surface area contributed by atoms with Crippen molar-refractivity contribution in [1.82, 2.24) is 4.90 Å². The summed E-state index contributed by atoms with van der Waals surface area (Å²) in [6.07, 6.45) is 2.29. The molecule has 7 heteroatoms. The summed E-state index contributed by atoms with van der Waals surface area (Å²) in [6.45, 7) is 1.16. The molecule has 30 heavy (non-hydrogen) atoms. The minimum atomic E-state index is -0.909. The Balaban J connectivity index is 1.20. The van der Waals surface area contributed by atoms with Crippen LogP contribution < -0.4 is 0 Å². The summed E-state index contributed by atoms with van der Waals surface area (Å²) in [5.74, 6) is -0.513. The van der Waals surface area contributed by atoms with Crippen molar-refractivity contribution >= 4 is 29.5 Å². The van der Waals surface area contributed by atoms with Crippen molar-refractivity contribution in [2.24, 2.45) is 4.99 Å². The second kappa shape index (κ2) is 6.08. The number of aliphatic imine (C=N–C) groups is 1. The average molecular weight is 423 g/mol. The third-order valence-electron chi connectivity index (χ3n) is 6.77. The third-order valence-corrected chi connectivity index (χ3v) is 7.00. The molecule has 0 radical (unpaired) electrons. The van der Waals surface area contributed by atoms with Crippen LogP contribution in [-0.4, -0.2) is 41.5 Å². The fraction of sp³-hybridized carbons (Fsp3) is 0.348. The van der Waals surface area contributed by atoms with E-state index in [1.54, 1.807) is 12.1 Å². The first kappa shape index (κ1) is 18.0. The summed E-state index contributed by atoms with van der Waals surface area (Å²) >= 11 is 6.18. The van der Waals surface area contributed by atoms with Gasteiger partial charge in [-0.25, -0.2) is 4.79 Å². The van der Waals surface area contributed by atoms with Gasteiger partial charge in [-0.2, -0.15) is 4.99 Å². The molecule has 3 aliphatic heterocycles. The molecular formula is C23H19ClN2O4. The predicted molar refractivity (Wildman–Crippen MR) is 109 cm³/mol. The van der Waals surface area contributed by atoms with Crippen LogP contribution in [0.25, 0.3) is 0 Å². The molecule has 1 fully saturated rings. The number of hydrogen-bond acceptors (Lipinski definition) is 5. The van der Waals surface area contributed by atoms with Gasteiger partial charge in [-0.05, 0) is 29.3 Å². The van der Waals surface area contributed by atoms with Crippen LogP contribution in [-0.2, 0) is 32.7 Å². The highest BCUT2D eigenvalue weighted by Gasteiger charge is 2.53. The molecule has 4 aliphatic rings. The number of rotatable bonds is 0. The smallest absolute Gasteiger partial charge is 0.339 e. The van der Waals surface area contributed by atoms with Gasteiger partial charge in [0.2, 0.25) is 5.60 Å². The van der Waals surface area contributed by atoms with E-state index >= 15 is 0 Å². The largest absolute Gasteiger partial charge is 0.450 e. The molecule has 0 aromatic heterocycles. The van der Waals surface area contributed by atoms with E-state index in [0.717, 1.165) is 16.7 Å². The Bertz CT molecular complexity index is 1110. The molecule has 1 amide bonds. The van der Waals surface area contributed by atoms with E-state index in [1.165, 1.54) is 0 Å². The Morgan fingerprint density at radius 3 is 2.33 bits per heavy atom. The van der Waals surface area contributed by atoms with Crippen LogP contribution in [0.1, 0.15) is 39.9 Å². The van der Waals surface area contributed by atoms with Crippen molar-refractivity contribution in [3.8, 4) is 0 Å². The number of amides is 1. The van der Waals surface area contributed by atoms with Gasteiger partial charge in [-0.1, -0.05) is 35.9 Å². The van der Waals surface area contributed by atoms with Crippen molar-refractivity contribution in [3.05, 3.63) is 69.7 Å². The molecule has 0 unspecified atom stereocenters. The van der Waals surface area contributed by atoms with E-state index in [4.69, 9.17) is 21.1 Å². The second-order valence-electron chi connectivity index (χ2n) is 8.48. The minimum Gasteiger partial charge on any atom is -0.450 e. The summed E-state index contributed by atoms with van der Waals surface area (Å²) in [5.41, 5.74) is 2.15. The van der Waals surface area contributed by atoms with E-state index in [-0.39, 0.29) is 11.9 Å². The van der Waals surface area contributed by atoms with E-state index in [0.29, 0.717) is 55.4 Å². The number of fused-ring (bicyclic) bond motifs is 3. The zero-order valence-electron chi connectivity index (χ0n) is 16.2. The SMILES string of the molecule is O=C1OC2(CCN(C3=NC(=O)C4(Cc5ccccc5C4)O3)CC2)c2cc(Cl)ccc21. The van der Waals surface area contributed by atoms with Crippen LogP contribution in [0.3, 0.4) is 0 Å². The molecule has 0 atom stereocenters. The zero-order valence-corrected chi connectivity index (χ0v) is 16.9. The number of piperidine rings is 1. The number of amidine groups is 1. The van der Waals surface area contributed by atoms with Gasteiger partial charge in [0.05, 0.1) is 5.56 Å². The molecule has 0 N–H and O–H groups in total. The number of nitrogens with zero attached hydrogens (tertiary/aromatic N) is 2. The molecule has 1 saturated heterocycles. The molecule has 3 heterocycles. The van der Waals surface area contributed by atoms with Gasteiger partial charge >= 0.3 is 5.97 Å². The Morgan fingerprint density at radius 2 is 1.63 bits per heavy atom. The summed E-state index contributed by atoms with van der Waals surface area (Å²) in [5, 5.41) is 0.589. The number of likely N-dealkylation sites (tertiary alicyclic amines) is 1. The lowest BCUT2D eigenvalue weighted by atomic mass is 9.84. The maximum atomic E-state index is 12.8. The average Bonchev–Trinajstić information content (AvgIpc) is 3.35. The first-order valence-corrected chi connectivity index (χ1v) is 10.5. The Labute approximate surface area is 178 Å². The van der Waals surface area contributed by atoms with Crippen LogP contribution in [0.2, 0.25) is 5.02 Å². The lowest BCUT2D eigenvalue weighted by Crippen LogP contribution is -2.47. The highest BCUT2D eigenvalue weighted by molar-refractivity contribution is 6.30. The number of ether oxygens (including phenoxy) is 2. The van der Waals surface area contributed by atoms with E-state index in [1.807, 2.05) is 35.2 Å². The molecule has 152 valence electrons. The minimum absolute atomic E-state index is 0.210. The fourth-order valence-electron chi connectivity index (χ4n) is 5.16. The summed E-state index contributed by atoms with van der Waals surface area (Å²) < 4.78 is 12.0. The second-order valence-corrected chi connectivity index (χ2v) is 8.92. The number of hydrogen-bond donors (Lipinski definition) is 0. The molecule has 6 rings (SSSR count). The topological polar surface area (TPSA) is 68.2 Å². The molecule has 6 nitrogen and oxygen atoms in total. The maximum Gasteiger partial charge on any atom is 0.339 e. The number of carbonyl (C=O) groups is 2. The van der Waals surface area contributed by atoms with Gasteiger partial charge < -0.3 is 14.4 Å². The highest BCUT2D eigenvalue weighted by atomic mass is 35.5. The van der Waals surface area contributed by atoms with Gasteiger partial charge in [-0.15, -0.1) is 0 Å². The van der Waals surface area contributed by atoms with Gasteiger partial charge in [-0.3, -0.25) is 4.79 Å². The Morgan fingerprint density at radius 1 is 0.933 bits per heavy atom. The van der Waals surface area contributed by atoms with Crippen molar-refractivity contribution in [2.75, 3.05) is 13.1 Å². The molecule has 2 spiro atoms. The van der Waals surface area contributed by atoms with E-state index in [2.05, 4.69) is 4.99 Å². The van der Waals surface area contributed by atoms with Crippen molar-refractivity contribution in [1.29, 1.82) is 0 Å². The monoisotopic (exact) mass is 422 g/mol. The van der Waals surface area contributed by atoms with Gasteiger partial charge in [0.15, 0.2) is 0 Å². The first-order valence-electron chi connectivity index (χ1n) is 10.2. The maximum absolute atomic E-state index is 12.8. The van der Waals surface area contributed by atoms with Crippen LogP contribution >= 0.6 is 11.6 Å². The van der Waals surface area contributed by atoms with E-state index in [9.17, 15) is 9.59 Å². The molecule has 1 aliphatic carbocycles. The lowest BCUT2D eigenvalue weighted by Gasteiger charge is -2.39. The van der Waals surface area contributed by atoms with Crippen LogP contribution in [0.15, 0.2) is 47.5 Å². The summed E-state index contributed by atoms with van der Waals surface area (Å²) in [7, 11) is 0. The summed E-state index contributed by atoms with van der Waals surface area (Å²) in [6, 6.07) is 13.7. The van der Waals surface area contributed by atoms with Crippen molar-refractivity contribution < 1.29 is 19.1 Å². The lowest BCUT2D eigenvalue weighted by molar-refractivity contribution is -0.130. The summed E-state index contributed by atoms with van der Waals surface area (Å²) in [4.78, 5) is 31.4. The number of benzene rings is 2. The number of halogens is 1. The highest BCUT2D eigenvalue weighted by Crippen LogP contribution is 2.45. The molecule has 0 saturated carbocycles. The Kier molecular flexibility index (Phi) is 3.64. The van der Waals surface area contributed by atoms with Crippen LogP contribution in [0.4, 0.5) is 0 Å². The van der Waals surface area contributed by atoms with Crippen molar-refractivity contribution in [3.63, 3.8) is 0 Å². The number of carbonyl (C=O) groups excluding carboxylic acids is 2. The molecule has 2 aromatic rings. The Hall–Kier alpha value is -2.86. The van der Waals surface area contributed by atoms with Gasteiger partial charge in [0.1, 0.15) is 5.60 Å². The normalized spacial score (nSPS) is 22.7. The zero-order chi connectivity index (χ0) is 20.5. The third kappa shape index (κ3) is 2.46. The van der Waals surface area contributed by atoms with Gasteiger partial charge in [0.25, 0.3) is 11.9 Å². The van der Waals surface area contributed by atoms with Crippen LogP contribution in [0, 0.1) is 0 Å². The van der Waals surface area contributed by atoms with Gasteiger partial charge in [0, 0.05) is 49.4 Å². The van der Waals surface area contributed by atoms with Crippen molar-refractivity contribution in [2.45, 2.75) is 36.9 Å². The molecular weight excluding hydrogens is 404 g/mol. The van der Waals surface area contributed by atoms with Crippen LogP contribution in [0.5, 0.6) is 0 Å². The molecule has 0 bridgehead atoms. The van der Waals surface area contributed by atoms with E-state index < -0.39 is 11.2 Å². The number of esters is 1. The quantitative estimate of drug-likeness (QED) is 0.609. The fourth-order valence-corrected chi connectivity index (χ4v) is 5.33. The molecule has 2 aromatic carbocycles.